The van der Waals surface area contributed by atoms with Gasteiger partial charge in [-0.15, -0.1) is 11.3 Å². The number of thiazole rings is 1. The Labute approximate surface area is 197 Å². The van der Waals surface area contributed by atoms with Crippen molar-refractivity contribution in [1.29, 1.82) is 0 Å². The second-order valence-electron chi connectivity index (χ2n) is 7.09. The number of anilines is 1. The van der Waals surface area contributed by atoms with Crippen LogP contribution >= 0.6 is 22.9 Å². The zero-order chi connectivity index (χ0) is 23.4. The van der Waals surface area contributed by atoms with Gasteiger partial charge in [0.15, 0.2) is 0 Å². The van der Waals surface area contributed by atoms with Gasteiger partial charge in [0.1, 0.15) is 16.5 Å². The summed E-state index contributed by atoms with van der Waals surface area (Å²) in [6.45, 7) is 2.24. The Morgan fingerprint density at radius 1 is 1.15 bits per heavy atom. The first-order valence-electron chi connectivity index (χ1n) is 10.0. The molecule has 4 aromatic rings. The predicted molar refractivity (Wildman–Crippen MR) is 128 cm³/mol. The fourth-order valence-corrected chi connectivity index (χ4v) is 4.31. The molecule has 168 valence electrons. The molecule has 2 N–H and O–H groups in total. The molecule has 0 aliphatic heterocycles. The minimum absolute atomic E-state index is 0.0888. The Kier molecular flexibility index (Phi) is 6.81. The van der Waals surface area contributed by atoms with E-state index in [1.807, 2.05) is 37.3 Å². The van der Waals surface area contributed by atoms with Crippen LogP contribution in [0.4, 0.5) is 14.9 Å². The minimum Gasteiger partial charge on any atom is -0.336 e. The number of nitrogens with zero attached hydrogens (tertiary/aromatic N) is 3. The lowest BCUT2D eigenvalue weighted by molar-refractivity contribution is 0.251. The van der Waals surface area contributed by atoms with Gasteiger partial charge in [-0.3, -0.25) is 4.79 Å². The number of aromatic nitrogens is 3. The van der Waals surface area contributed by atoms with E-state index in [2.05, 4.69) is 20.7 Å². The van der Waals surface area contributed by atoms with Crippen LogP contribution in [0.1, 0.15) is 5.69 Å². The molecule has 2 aromatic carbocycles. The number of carbonyl (C=O) groups excluding carboxylic acids is 1. The molecular formula is C23H19ClFN5O2S. The van der Waals surface area contributed by atoms with Gasteiger partial charge in [-0.1, -0.05) is 41.9 Å². The zero-order valence-corrected chi connectivity index (χ0v) is 19.1. The van der Waals surface area contributed by atoms with Gasteiger partial charge in [0, 0.05) is 23.9 Å². The molecule has 2 heterocycles. The summed E-state index contributed by atoms with van der Waals surface area (Å²) in [4.78, 5) is 29.9. The number of hydrogen-bond donors (Lipinski definition) is 2. The zero-order valence-electron chi connectivity index (χ0n) is 17.5. The number of carbonyl (C=O) groups is 1. The summed E-state index contributed by atoms with van der Waals surface area (Å²) < 4.78 is 14.5. The highest BCUT2D eigenvalue weighted by Gasteiger charge is 2.14. The van der Waals surface area contributed by atoms with Crippen LogP contribution in [0.5, 0.6) is 0 Å². The maximum absolute atomic E-state index is 13.2. The Bertz CT molecular complexity index is 1360. The summed E-state index contributed by atoms with van der Waals surface area (Å²) in [6, 6.07) is 16.3. The predicted octanol–water partition coefficient (Wildman–Crippen LogP) is 4.96. The third-order valence-electron chi connectivity index (χ3n) is 4.70. The Hall–Kier alpha value is -3.56. The Morgan fingerprint density at radius 2 is 1.94 bits per heavy atom. The fourth-order valence-electron chi connectivity index (χ4n) is 3.09. The summed E-state index contributed by atoms with van der Waals surface area (Å²) >= 11 is 7.22. The quantitative estimate of drug-likeness (QED) is 0.406. The number of amides is 2. The van der Waals surface area contributed by atoms with E-state index in [0.717, 1.165) is 27.2 Å². The van der Waals surface area contributed by atoms with Crippen molar-refractivity contribution in [3.05, 3.63) is 87.6 Å². The molecule has 7 nitrogen and oxygen atoms in total. The molecule has 0 aliphatic carbocycles. The van der Waals surface area contributed by atoms with Crippen molar-refractivity contribution in [2.24, 2.45) is 0 Å². The first-order chi connectivity index (χ1) is 15.9. The van der Waals surface area contributed by atoms with Crippen molar-refractivity contribution in [2.75, 3.05) is 11.9 Å². The summed E-state index contributed by atoms with van der Waals surface area (Å²) in [5.41, 5.74) is 2.55. The van der Waals surface area contributed by atoms with E-state index in [1.54, 1.807) is 6.07 Å². The lowest BCUT2D eigenvalue weighted by atomic mass is 10.2. The molecule has 0 radical (unpaired) electrons. The van der Waals surface area contributed by atoms with E-state index in [0.29, 0.717) is 11.4 Å². The van der Waals surface area contributed by atoms with Crippen LogP contribution in [-0.2, 0) is 6.54 Å². The standard InChI is InChI=1S/C23H19ClFN5O2S/c1-14-21(33-22(27-14)15-5-3-2-4-6-15)19-9-10-20(31)30(29-19)12-11-26-23(32)28-16-7-8-18(25)17(24)13-16/h2-10,13H,11-12H2,1H3,(H2,26,28,32). The van der Waals surface area contributed by atoms with Crippen molar-refractivity contribution >= 4 is 34.7 Å². The smallest absolute Gasteiger partial charge is 0.319 e. The molecule has 10 heteroatoms. The van der Waals surface area contributed by atoms with Crippen LogP contribution in [0.2, 0.25) is 5.02 Å². The molecule has 4 rings (SSSR count). The number of nitrogens with one attached hydrogen (secondary N) is 2. The summed E-state index contributed by atoms with van der Waals surface area (Å²) in [5, 5.41) is 10.4. The summed E-state index contributed by atoms with van der Waals surface area (Å²) in [5.74, 6) is -0.569. The molecule has 2 aromatic heterocycles. The fraction of sp³-hybridized carbons (Fsp3) is 0.130. The molecule has 2 amide bonds. The van der Waals surface area contributed by atoms with E-state index >= 15 is 0 Å². The van der Waals surface area contributed by atoms with Crippen LogP contribution in [0.25, 0.3) is 21.1 Å². The molecule has 33 heavy (non-hydrogen) atoms. The van der Waals surface area contributed by atoms with Crippen molar-refractivity contribution in [2.45, 2.75) is 13.5 Å². The van der Waals surface area contributed by atoms with Crippen LogP contribution < -0.4 is 16.2 Å². The maximum Gasteiger partial charge on any atom is 0.319 e. The molecule has 0 saturated carbocycles. The normalized spacial score (nSPS) is 10.8. The molecular weight excluding hydrogens is 465 g/mol. The topological polar surface area (TPSA) is 88.9 Å². The van der Waals surface area contributed by atoms with Crippen LogP contribution in [0.15, 0.2) is 65.5 Å². The van der Waals surface area contributed by atoms with Gasteiger partial charge in [-0.05, 0) is 31.2 Å². The molecule has 0 unspecified atom stereocenters. The summed E-state index contributed by atoms with van der Waals surface area (Å²) in [7, 11) is 0. The number of benzene rings is 2. The number of urea groups is 1. The van der Waals surface area contributed by atoms with E-state index < -0.39 is 11.8 Å². The van der Waals surface area contributed by atoms with Gasteiger partial charge >= 0.3 is 6.03 Å². The number of halogens is 2. The Morgan fingerprint density at radius 3 is 2.70 bits per heavy atom. The lowest BCUT2D eigenvalue weighted by Gasteiger charge is -2.09. The van der Waals surface area contributed by atoms with Crippen LogP contribution in [0.3, 0.4) is 0 Å². The average Bonchev–Trinajstić information content (AvgIpc) is 3.20. The molecule has 0 aliphatic rings. The van der Waals surface area contributed by atoms with E-state index in [-0.39, 0.29) is 23.7 Å². The van der Waals surface area contributed by atoms with Crippen molar-refractivity contribution in [3.8, 4) is 21.1 Å². The van der Waals surface area contributed by atoms with E-state index in [9.17, 15) is 14.0 Å². The minimum atomic E-state index is -0.569. The highest BCUT2D eigenvalue weighted by molar-refractivity contribution is 7.18. The lowest BCUT2D eigenvalue weighted by Crippen LogP contribution is -2.34. The second kappa shape index (κ2) is 9.93. The summed E-state index contributed by atoms with van der Waals surface area (Å²) in [6.07, 6.45) is 0. The van der Waals surface area contributed by atoms with Gasteiger partial charge < -0.3 is 10.6 Å². The molecule has 0 atom stereocenters. The van der Waals surface area contributed by atoms with Crippen LogP contribution in [0, 0.1) is 12.7 Å². The number of aryl methyl sites for hydroxylation is 1. The van der Waals surface area contributed by atoms with Gasteiger partial charge in [0.2, 0.25) is 0 Å². The van der Waals surface area contributed by atoms with Gasteiger partial charge in [-0.2, -0.15) is 5.10 Å². The highest BCUT2D eigenvalue weighted by Crippen LogP contribution is 2.33. The Balaban J connectivity index is 1.43. The largest absolute Gasteiger partial charge is 0.336 e. The van der Waals surface area contributed by atoms with Gasteiger partial charge in [0.25, 0.3) is 5.56 Å². The molecule has 0 spiro atoms. The number of rotatable bonds is 6. The molecule has 0 saturated heterocycles. The van der Waals surface area contributed by atoms with Crippen LogP contribution in [-0.4, -0.2) is 27.3 Å². The van der Waals surface area contributed by atoms with E-state index in [1.165, 1.54) is 34.2 Å². The van der Waals surface area contributed by atoms with Crippen molar-refractivity contribution < 1.29 is 9.18 Å². The monoisotopic (exact) mass is 483 g/mol. The van der Waals surface area contributed by atoms with Gasteiger partial charge in [0.05, 0.1) is 22.1 Å². The number of hydrogen-bond acceptors (Lipinski definition) is 5. The molecule has 0 bridgehead atoms. The third kappa shape index (κ3) is 5.44. The maximum atomic E-state index is 13.2. The highest BCUT2D eigenvalue weighted by atomic mass is 35.5. The second-order valence-corrected chi connectivity index (χ2v) is 8.50. The van der Waals surface area contributed by atoms with Crippen molar-refractivity contribution in [1.82, 2.24) is 20.1 Å². The van der Waals surface area contributed by atoms with Crippen molar-refractivity contribution in [3.63, 3.8) is 0 Å². The average molecular weight is 484 g/mol. The first kappa shape index (κ1) is 22.6. The van der Waals surface area contributed by atoms with Gasteiger partial charge in [-0.25, -0.2) is 18.9 Å². The SMILES string of the molecule is Cc1nc(-c2ccccc2)sc1-c1ccc(=O)n(CCNC(=O)Nc2ccc(F)c(Cl)c2)n1. The van der Waals surface area contributed by atoms with E-state index in [4.69, 9.17) is 11.6 Å². The first-order valence-corrected chi connectivity index (χ1v) is 11.2. The third-order valence-corrected chi connectivity index (χ3v) is 6.22. The molecule has 0 fully saturated rings.